The molecule has 2 N–H and O–H groups in total. The summed E-state index contributed by atoms with van der Waals surface area (Å²) in [5.74, 6) is -1.95. The largest absolute Gasteiger partial charge is 0.495 e. The number of hydrogen-bond acceptors (Lipinski definition) is 8. The van der Waals surface area contributed by atoms with Crippen molar-refractivity contribution in [1.29, 1.82) is 0 Å². The second-order valence-corrected chi connectivity index (χ2v) is 10.00. The minimum atomic E-state index is -3.93. The summed E-state index contributed by atoms with van der Waals surface area (Å²) in [5.41, 5.74) is -0.0536. The number of ether oxygens (including phenoxy) is 3. The minimum Gasteiger partial charge on any atom is -0.495 e. The molecule has 1 aromatic carbocycles. The van der Waals surface area contributed by atoms with Gasteiger partial charge in [-0.05, 0) is 43.4 Å². The highest BCUT2D eigenvalue weighted by molar-refractivity contribution is 7.89. The van der Waals surface area contributed by atoms with Gasteiger partial charge in [0.15, 0.2) is 6.61 Å². The number of sulfonamides is 1. The molecule has 0 saturated heterocycles. The van der Waals surface area contributed by atoms with Crippen LogP contribution in [0.15, 0.2) is 23.1 Å². The fraction of sp³-hybridized carbons (Fsp3) is 0.591. The van der Waals surface area contributed by atoms with Gasteiger partial charge < -0.3 is 19.5 Å². The Bertz CT molecular complexity index is 955. The highest BCUT2D eigenvalue weighted by Gasteiger charge is 2.27. The van der Waals surface area contributed by atoms with Crippen molar-refractivity contribution in [2.75, 3.05) is 20.8 Å². The number of amides is 1. The van der Waals surface area contributed by atoms with Gasteiger partial charge in [-0.15, -0.1) is 0 Å². The van der Waals surface area contributed by atoms with Crippen LogP contribution in [0, 0.1) is 5.92 Å². The first-order valence-corrected chi connectivity index (χ1v) is 12.3. The van der Waals surface area contributed by atoms with Crippen molar-refractivity contribution < 1.29 is 37.0 Å². The number of benzene rings is 1. The Balaban J connectivity index is 2.07. The molecule has 10 nitrogen and oxygen atoms in total. The average Bonchev–Trinajstić information content (AvgIpc) is 3.27. The summed E-state index contributed by atoms with van der Waals surface area (Å²) < 4.78 is 43.2. The Morgan fingerprint density at radius 3 is 2.36 bits per heavy atom. The van der Waals surface area contributed by atoms with Gasteiger partial charge in [-0.1, -0.05) is 26.7 Å². The molecule has 184 valence electrons. The molecule has 0 bridgehead atoms. The molecule has 1 aliphatic carbocycles. The second kappa shape index (κ2) is 12.0. The maximum Gasteiger partial charge on any atom is 0.338 e. The smallest absolute Gasteiger partial charge is 0.338 e. The Morgan fingerprint density at radius 2 is 1.79 bits per heavy atom. The lowest BCUT2D eigenvalue weighted by atomic mass is 10.0. The summed E-state index contributed by atoms with van der Waals surface area (Å²) in [6.45, 7) is 3.14. The van der Waals surface area contributed by atoms with Crippen molar-refractivity contribution >= 4 is 27.9 Å². The first-order valence-electron chi connectivity index (χ1n) is 10.8. The summed E-state index contributed by atoms with van der Waals surface area (Å²) in [7, 11) is -1.37. The number of methoxy groups -OCH3 is 2. The molecular weight excluding hydrogens is 452 g/mol. The van der Waals surface area contributed by atoms with E-state index >= 15 is 0 Å². The molecule has 1 saturated carbocycles. The quantitative estimate of drug-likeness (QED) is 0.454. The van der Waals surface area contributed by atoms with Crippen LogP contribution >= 0.6 is 0 Å². The van der Waals surface area contributed by atoms with Gasteiger partial charge in [-0.3, -0.25) is 4.79 Å². The SMILES string of the molecule is COC(=O)C(CC(C)C)NC(=O)COC(=O)c1ccc(OC)c(S(=O)(=O)NC2CCCC2)c1. The first kappa shape index (κ1) is 26.6. The summed E-state index contributed by atoms with van der Waals surface area (Å²) in [5, 5.41) is 2.48. The number of hydrogen-bond donors (Lipinski definition) is 2. The van der Waals surface area contributed by atoms with E-state index in [0.29, 0.717) is 6.42 Å². The van der Waals surface area contributed by atoms with Gasteiger partial charge in [0.1, 0.15) is 16.7 Å². The predicted octanol–water partition coefficient (Wildman–Crippen LogP) is 1.78. The molecule has 1 aliphatic rings. The third kappa shape index (κ3) is 7.71. The lowest BCUT2D eigenvalue weighted by Crippen LogP contribution is -2.44. The lowest BCUT2D eigenvalue weighted by Gasteiger charge is -2.18. The zero-order chi connectivity index (χ0) is 24.6. The van der Waals surface area contributed by atoms with Crippen molar-refractivity contribution in [1.82, 2.24) is 10.0 Å². The number of esters is 2. The molecule has 0 aliphatic heterocycles. The van der Waals surface area contributed by atoms with Crippen LogP contribution in [0.4, 0.5) is 0 Å². The van der Waals surface area contributed by atoms with Gasteiger partial charge in [-0.25, -0.2) is 22.7 Å². The van der Waals surface area contributed by atoms with E-state index in [-0.39, 0.29) is 28.2 Å². The normalized spacial score (nSPS) is 15.2. The number of carbonyl (C=O) groups excluding carboxylic acids is 3. The van der Waals surface area contributed by atoms with E-state index in [1.165, 1.54) is 26.4 Å². The van der Waals surface area contributed by atoms with Crippen LogP contribution < -0.4 is 14.8 Å². The Labute approximate surface area is 194 Å². The molecule has 1 fully saturated rings. The van der Waals surface area contributed by atoms with Gasteiger partial charge in [0, 0.05) is 6.04 Å². The molecule has 0 radical (unpaired) electrons. The molecule has 1 unspecified atom stereocenters. The Morgan fingerprint density at radius 1 is 1.12 bits per heavy atom. The number of rotatable bonds is 11. The molecule has 1 aromatic rings. The van der Waals surface area contributed by atoms with Crippen LogP contribution in [-0.2, 0) is 29.1 Å². The van der Waals surface area contributed by atoms with E-state index in [1.807, 2.05) is 13.8 Å². The third-order valence-electron chi connectivity index (χ3n) is 5.23. The van der Waals surface area contributed by atoms with Gasteiger partial charge >= 0.3 is 11.9 Å². The van der Waals surface area contributed by atoms with Crippen LogP contribution in [0.2, 0.25) is 0 Å². The van der Waals surface area contributed by atoms with Crippen LogP contribution in [0.1, 0.15) is 56.3 Å². The Kier molecular flexibility index (Phi) is 9.66. The van der Waals surface area contributed by atoms with E-state index in [0.717, 1.165) is 31.7 Å². The number of carbonyl (C=O) groups is 3. The maximum absolute atomic E-state index is 12.9. The highest BCUT2D eigenvalue weighted by atomic mass is 32.2. The molecule has 2 rings (SSSR count). The monoisotopic (exact) mass is 484 g/mol. The zero-order valence-electron chi connectivity index (χ0n) is 19.4. The van der Waals surface area contributed by atoms with Crippen LogP contribution in [0.3, 0.4) is 0 Å². The van der Waals surface area contributed by atoms with E-state index in [1.54, 1.807) is 0 Å². The average molecular weight is 485 g/mol. The molecule has 0 aromatic heterocycles. The Hall–Kier alpha value is -2.66. The summed E-state index contributed by atoms with van der Waals surface area (Å²) >= 11 is 0. The van der Waals surface area contributed by atoms with Crippen molar-refractivity contribution in [2.24, 2.45) is 5.92 Å². The summed E-state index contributed by atoms with van der Waals surface area (Å²) in [6.07, 6.45) is 3.77. The molecule has 1 amide bonds. The minimum absolute atomic E-state index is 0.0536. The standard InChI is InChI=1S/C22H32N2O8S/c1-14(2)11-17(22(27)31-4)23-20(25)13-32-21(26)15-9-10-18(30-3)19(12-15)33(28,29)24-16-7-5-6-8-16/h9-10,12,14,16-17,24H,5-8,11,13H2,1-4H3,(H,23,25). The van der Waals surface area contributed by atoms with E-state index in [2.05, 4.69) is 14.8 Å². The van der Waals surface area contributed by atoms with E-state index in [4.69, 9.17) is 9.47 Å². The van der Waals surface area contributed by atoms with Gasteiger partial charge in [-0.2, -0.15) is 0 Å². The molecule has 1 atom stereocenters. The molecule has 11 heteroatoms. The van der Waals surface area contributed by atoms with Gasteiger partial charge in [0.25, 0.3) is 5.91 Å². The molecule has 0 heterocycles. The number of nitrogens with one attached hydrogen (secondary N) is 2. The second-order valence-electron chi connectivity index (χ2n) is 8.32. The fourth-order valence-corrected chi connectivity index (χ4v) is 5.12. The predicted molar refractivity (Wildman–Crippen MR) is 119 cm³/mol. The molecule has 33 heavy (non-hydrogen) atoms. The third-order valence-corrected chi connectivity index (χ3v) is 6.77. The summed E-state index contributed by atoms with van der Waals surface area (Å²) in [4.78, 5) is 36.3. The van der Waals surface area contributed by atoms with Crippen LogP contribution in [0.5, 0.6) is 5.75 Å². The molecule has 0 spiro atoms. The first-order chi connectivity index (χ1) is 15.6. The molecular formula is C22H32N2O8S. The van der Waals surface area contributed by atoms with Crippen molar-refractivity contribution in [3.63, 3.8) is 0 Å². The highest BCUT2D eigenvalue weighted by Crippen LogP contribution is 2.27. The van der Waals surface area contributed by atoms with Crippen molar-refractivity contribution in [3.05, 3.63) is 23.8 Å². The topological polar surface area (TPSA) is 137 Å². The zero-order valence-corrected chi connectivity index (χ0v) is 20.2. The van der Waals surface area contributed by atoms with Crippen molar-refractivity contribution in [3.8, 4) is 5.75 Å². The van der Waals surface area contributed by atoms with Crippen LogP contribution in [0.25, 0.3) is 0 Å². The summed E-state index contributed by atoms with van der Waals surface area (Å²) in [6, 6.07) is 2.85. The lowest BCUT2D eigenvalue weighted by molar-refractivity contribution is -0.145. The fourth-order valence-electron chi connectivity index (χ4n) is 3.62. The van der Waals surface area contributed by atoms with E-state index in [9.17, 15) is 22.8 Å². The maximum atomic E-state index is 12.9. The van der Waals surface area contributed by atoms with Crippen LogP contribution in [-0.4, -0.2) is 59.2 Å². The van der Waals surface area contributed by atoms with Crippen molar-refractivity contribution in [2.45, 2.75) is 62.9 Å². The van der Waals surface area contributed by atoms with Gasteiger partial charge in [0.2, 0.25) is 10.0 Å². The van der Waals surface area contributed by atoms with Gasteiger partial charge in [0.05, 0.1) is 19.8 Å². The van der Waals surface area contributed by atoms with E-state index < -0.39 is 40.5 Å².